The number of unbranched alkanes of at least 4 members (excludes halogenated alkanes) is 2. The minimum Gasteiger partial charge on any atom is -0.317 e. The Morgan fingerprint density at radius 3 is 2.42 bits per heavy atom. The van der Waals surface area contributed by atoms with Crippen molar-refractivity contribution in [2.45, 2.75) is 78.1 Å². The van der Waals surface area contributed by atoms with E-state index in [4.69, 9.17) is 5.21 Å². The molecule has 0 aliphatic carbocycles. The SMILES string of the molecule is CC(C)=CCCC(CCCCC#C[Si](C)(C)C)NO. The van der Waals surface area contributed by atoms with E-state index in [1.165, 1.54) is 5.57 Å². The largest absolute Gasteiger partial charge is 0.317 e. The van der Waals surface area contributed by atoms with Crippen molar-refractivity contribution in [3.05, 3.63) is 11.6 Å². The van der Waals surface area contributed by atoms with Crippen LogP contribution in [-0.4, -0.2) is 19.3 Å². The summed E-state index contributed by atoms with van der Waals surface area (Å²) in [5.41, 5.74) is 7.17. The van der Waals surface area contributed by atoms with Crippen LogP contribution in [0.3, 0.4) is 0 Å². The zero-order valence-corrected chi connectivity index (χ0v) is 14.3. The molecular weight excluding hydrogens is 250 g/mol. The number of hydroxylamine groups is 1. The van der Waals surface area contributed by atoms with E-state index in [0.717, 1.165) is 38.5 Å². The van der Waals surface area contributed by atoms with Crippen LogP contribution in [0.25, 0.3) is 0 Å². The molecule has 0 radical (unpaired) electrons. The fourth-order valence-corrected chi connectivity index (χ4v) is 2.43. The molecule has 0 heterocycles. The van der Waals surface area contributed by atoms with Crippen molar-refractivity contribution in [2.75, 3.05) is 0 Å². The fourth-order valence-electron chi connectivity index (χ4n) is 1.78. The highest BCUT2D eigenvalue weighted by atomic mass is 28.3. The van der Waals surface area contributed by atoms with Gasteiger partial charge in [0, 0.05) is 12.5 Å². The van der Waals surface area contributed by atoms with E-state index in [2.05, 4.69) is 56.5 Å². The summed E-state index contributed by atoms with van der Waals surface area (Å²) in [6.07, 6.45) is 8.56. The maximum absolute atomic E-state index is 9.11. The fraction of sp³-hybridized carbons (Fsp3) is 0.750. The first-order valence-corrected chi connectivity index (χ1v) is 10.9. The number of nitrogens with one attached hydrogen (secondary N) is 1. The molecule has 1 unspecified atom stereocenters. The molecule has 110 valence electrons. The van der Waals surface area contributed by atoms with Crippen LogP contribution in [0, 0.1) is 11.5 Å². The molecule has 0 aromatic carbocycles. The number of hydrogen-bond acceptors (Lipinski definition) is 2. The molecule has 1 atom stereocenters. The summed E-state index contributed by atoms with van der Waals surface area (Å²) in [6.45, 7) is 11.0. The second-order valence-corrected chi connectivity index (χ2v) is 11.2. The molecule has 19 heavy (non-hydrogen) atoms. The summed E-state index contributed by atoms with van der Waals surface area (Å²) in [5.74, 6) is 3.29. The lowest BCUT2D eigenvalue weighted by molar-refractivity contribution is 0.116. The zero-order valence-electron chi connectivity index (χ0n) is 13.3. The first kappa shape index (κ1) is 18.4. The number of hydrogen-bond donors (Lipinski definition) is 2. The van der Waals surface area contributed by atoms with Gasteiger partial charge in [-0.25, -0.2) is 5.48 Å². The summed E-state index contributed by atoms with van der Waals surface area (Å²) in [4.78, 5) is 0. The van der Waals surface area contributed by atoms with E-state index in [0.29, 0.717) is 0 Å². The zero-order chi connectivity index (χ0) is 14.7. The van der Waals surface area contributed by atoms with Gasteiger partial charge in [0.05, 0.1) is 0 Å². The third-order valence-corrected chi connectivity index (χ3v) is 3.74. The van der Waals surface area contributed by atoms with Gasteiger partial charge in [0.1, 0.15) is 8.07 Å². The summed E-state index contributed by atoms with van der Waals surface area (Å²) in [7, 11) is -1.19. The molecule has 0 saturated carbocycles. The molecule has 2 N–H and O–H groups in total. The average Bonchev–Trinajstić information content (AvgIpc) is 2.29. The van der Waals surface area contributed by atoms with Crippen molar-refractivity contribution < 1.29 is 5.21 Å². The second kappa shape index (κ2) is 10.3. The Hall–Kier alpha value is -0.563. The molecule has 0 aliphatic heterocycles. The standard InChI is InChI=1S/C16H31NOSi/c1-15(2)11-10-13-16(17-18)12-8-6-7-9-14-19(3,4)5/h11,16-18H,6-8,10,12-13H2,1-5H3. The lowest BCUT2D eigenvalue weighted by Crippen LogP contribution is -2.25. The first-order chi connectivity index (χ1) is 8.85. The van der Waals surface area contributed by atoms with Gasteiger partial charge >= 0.3 is 0 Å². The van der Waals surface area contributed by atoms with Crippen LogP contribution in [0.5, 0.6) is 0 Å². The quantitative estimate of drug-likeness (QED) is 0.225. The normalized spacial score (nSPS) is 12.5. The van der Waals surface area contributed by atoms with Crippen molar-refractivity contribution in [3.8, 4) is 11.5 Å². The second-order valence-electron chi connectivity index (χ2n) is 6.48. The van der Waals surface area contributed by atoms with Gasteiger partial charge in [-0.15, -0.1) is 11.5 Å². The molecule has 0 spiro atoms. The molecule has 3 heteroatoms. The summed E-state index contributed by atoms with van der Waals surface area (Å²) >= 11 is 0. The van der Waals surface area contributed by atoms with Gasteiger partial charge in [0.15, 0.2) is 0 Å². The molecule has 0 fully saturated rings. The van der Waals surface area contributed by atoms with Crippen LogP contribution in [0.1, 0.15) is 52.4 Å². The van der Waals surface area contributed by atoms with Gasteiger partial charge in [0.2, 0.25) is 0 Å². The minimum atomic E-state index is -1.19. The number of allylic oxidation sites excluding steroid dienone is 2. The Morgan fingerprint density at radius 1 is 1.21 bits per heavy atom. The van der Waals surface area contributed by atoms with Crippen molar-refractivity contribution in [1.29, 1.82) is 0 Å². The third-order valence-electron chi connectivity index (χ3n) is 2.82. The van der Waals surface area contributed by atoms with Gasteiger partial charge < -0.3 is 5.21 Å². The molecule has 0 aromatic rings. The third kappa shape index (κ3) is 13.7. The van der Waals surface area contributed by atoms with Gasteiger partial charge in [-0.1, -0.05) is 37.7 Å². The van der Waals surface area contributed by atoms with Gasteiger partial charge in [0.25, 0.3) is 0 Å². The van der Waals surface area contributed by atoms with Crippen molar-refractivity contribution in [1.82, 2.24) is 5.48 Å². The average molecular weight is 282 g/mol. The number of rotatable bonds is 8. The Balaban J connectivity index is 3.72. The summed E-state index contributed by atoms with van der Waals surface area (Å²) < 4.78 is 0. The smallest absolute Gasteiger partial charge is 0.129 e. The maximum Gasteiger partial charge on any atom is 0.129 e. The van der Waals surface area contributed by atoms with E-state index >= 15 is 0 Å². The Labute approximate surface area is 120 Å². The maximum atomic E-state index is 9.11. The Bertz CT molecular complexity index is 316. The molecule has 0 amide bonds. The van der Waals surface area contributed by atoms with Gasteiger partial charge in [-0.2, -0.15) is 0 Å². The van der Waals surface area contributed by atoms with E-state index in [1.807, 2.05) is 0 Å². The highest BCUT2D eigenvalue weighted by Crippen LogP contribution is 2.09. The molecule has 0 saturated heterocycles. The van der Waals surface area contributed by atoms with E-state index < -0.39 is 8.07 Å². The van der Waals surface area contributed by atoms with E-state index in [-0.39, 0.29) is 6.04 Å². The van der Waals surface area contributed by atoms with E-state index in [9.17, 15) is 0 Å². The first-order valence-electron chi connectivity index (χ1n) is 7.38. The topological polar surface area (TPSA) is 32.3 Å². The van der Waals surface area contributed by atoms with Crippen molar-refractivity contribution in [2.24, 2.45) is 0 Å². The lowest BCUT2D eigenvalue weighted by Gasteiger charge is -2.13. The highest BCUT2D eigenvalue weighted by Gasteiger charge is 2.07. The molecule has 0 rings (SSSR count). The van der Waals surface area contributed by atoms with Crippen LogP contribution in [0.15, 0.2) is 11.6 Å². The van der Waals surface area contributed by atoms with Crippen molar-refractivity contribution >= 4 is 8.07 Å². The van der Waals surface area contributed by atoms with Crippen LogP contribution in [-0.2, 0) is 0 Å². The molecule has 0 aliphatic rings. The monoisotopic (exact) mass is 281 g/mol. The van der Waals surface area contributed by atoms with Gasteiger partial charge in [-0.3, -0.25) is 0 Å². The molecule has 2 nitrogen and oxygen atoms in total. The molecule has 0 aromatic heterocycles. The highest BCUT2D eigenvalue weighted by molar-refractivity contribution is 6.83. The van der Waals surface area contributed by atoms with Crippen LogP contribution in [0.2, 0.25) is 19.6 Å². The predicted octanol–water partition coefficient (Wildman–Crippen LogP) is 4.52. The van der Waals surface area contributed by atoms with Crippen LogP contribution >= 0.6 is 0 Å². The van der Waals surface area contributed by atoms with Gasteiger partial charge in [-0.05, 0) is 39.5 Å². The Morgan fingerprint density at radius 2 is 1.89 bits per heavy atom. The summed E-state index contributed by atoms with van der Waals surface area (Å²) in [5, 5.41) is 9.11. The predicted molar refractivity (Wildman–Crippen MR) is 87.0 cm³/mol. The lowest BCUT2D eigenvalue weighted by atomic mass is 10.0. The molecular formula is C16H31NOSi. The Kier molecular flexibility index (Phi) is 9.95. The molecule has 0 bridgehead atoms. The van der Waals surface area contributed by atoms with E-state index in [1.54, 1.807) is 0 Å². The summed E-state index contributed by atoms with van der Waals surface area (Å²) in [6, 6.07) is 0.223. The van der Waals surface area contributed by atoms with Crippen molar-refractivity contribution in [3.63, 3.8) is 0 Å². The van der Waals surface area contributed by atoms with Crippen LogP contribution < -0.4 is 5.48 Å². The van der Waals surface area contributed by atoms with Crippen LogP contribution in [0.4, 0.5) is 0 Å². The minimum absolute atomic E-state index is 0.223.